The van der Waals surface area contributed by atoms with E-state index < -0.39 is 11.0 Å². The molecule has 1 aromatic carbocycles. The highest BCUT2D eigenvalue weighted by Gasteiger charge is 2.24. The number of nitro groups is 1. The summed E-state index contributed by atoms with van der Waals surface area (Å²) in [7, 11) is 0. The van der Waals surface area contributed by atoms with Crippen LogP contribution in [-0.4, -0.2) is 35.9 Å². The van der Waals surface area contributed by atoms with E-state index in [1.807, 2.05) is 0 Å². The van der Waals surface area contributed by atoms with E-state index in [0.29, 0.717) is 24.3 Å². The summed E-state index contributed by atoms with van der Waals surface area (Å²) in [5, 5.41) is 19.0. The highest BCUT2D eigenvalue weighted by molar-refractivity contribution is 5.95. The molecule has 1 aromatic rings. The van der Waals surface area contributed by atoms with Gasteiger partial charge in [0.15, 0.2) is 0 Å². The van der Waals surface area contributed by atoms with Crippen LogP contribution in [0, 0.1) is 17.0 Å². The fraction of sp³-hybridized carbons (Fsp3) is 0.385. The number of amides is 2. The Morgan fingerprint density at radius 2 is 2.24 bits per heavy atom. The van der Waals surface area contributed by atoms with E-state index >= 15 is 0 Å². The van der Waals surface area contributed by atoms with Crippen molar-refractivity contribution in [1.29, 1.82) is 0 Å². The van der Waals surface area contributed by atoms with Crippen molar-refractivity contribution in [2.45, 2.75) is 19.4 Å². The van der Waals surface area contributed by atoms with Crippen LogP contribution in [0.5, 0.6) is 0 Å². The smallest absolute Gasteiger partial charge is 0.274 e. The second-order valence-corrected chi connectivity index (χ2v) is 4.81. The van der Waals surface area contributed by atoms with E-state index in [1.54, 1.807) is 19.1 Å². The van der Waals surface area contributed by atoms with Gasteiger partial charge in [0, 0.05) is 30.4 Å². The van der Waals surface area contributed by atoms with Crippen molar-refractivity contribution in [3.63, 3.8) is 0 Å². The minimum absolute atomic E-state index is 0.0203. The quantitative estimate of drug-likeness (QED) is 0.546. The summed E-state index contributed by atoms with van der Waals surface area (Å²) in [4.78, 5) is 33.8. The lowest BCUT2D eigenvalue weighted by Gasteiger charge is -2.22. The lowest BCUT2D eigenvalue weighted by molar-refractivity contribution is -0.385. The van der Waals surface area contributed by atoms with Crippen molar-refractivity contribution in [2.75, 3.05) is 18.4 Å². The number of hydrogen-bond donors (Lipinski definition) is 3. The number of hydrogen-bond acceptors (Lipinski definition) is 5. The molecule has 112 valence electrons. The van der Waals surface area contributed by atoms with Crippen LogP contribution in [0.25, 0.3) is 0 Å². The van der Waals surface area contributed by atoms with Crippen LogP contribution in [-0.2, 0) is 9.59 Å². The largest absolute Gasteiger partial charge is 0.353 e. The predicted molar refractivity (Wildman–Crippen MR) is 75.9 cm³/mol. The maximum absolute atomic E-state index is 11.9. The number of nitro benzene ring substituents is 1. The summed E-state index contributed by atoms with van der Waals surface area (Å²) >= 11 is 0. The van der Waals surface area contributed by atoms with E-state index in [2.05, 4.69) is 16.0 Å². The maximum atomic E-state index is 11.9. The van der Waals surface area contributed by atoms with Gasteiger partial charge in [0.25, 0.3) is 5.69 Å². The standard InChI is InChI=1S/C13H16N4O4/c1-8-2-3-9(6-11(8)17(20)21)16-12(18)7-10-13(19)15-5-4-14-10/h2-3,6,10,14H,4-5,7H2,1H3,(H,15,19)(H,16,18). The Hall–Kier alpha value is -2.48. The molecule has 8 heteroatoms. The number of piperazine rings is 1. The minimum Gasteiger partial charge on any atom is -0.353 e. The summed E-state index contributed by atoms with van der Waals surface area (Å²) < 4.78 is 0. The van der Waals surface area contributed by atoms with Gasteiger partial charge in [-0.25, -0.2) is 0 Å². The molecule has 1 aliphatic heterocycles. The van der Waals surface area contributed by atoms with Gasteiger partial charge >= 0.3 is 0 Å². The van der Waals surface area contributed by atoms with Crippen LogP contribution in [0.15, 0.2) is 18.2 Å². The molecule has 1 unspecified atom stereocenters. The van der Waals surface area contributed by atoms with Crippen LogP contribution in [0.2, 0.25) is 0 Å². The van der Waals surface area contributed by atoms with E-state index in [0.717, 1.165) is 0 Å². The summed E-state index contributed by atoms with van der Waals surface area (Å²) in [6.07, 6.45) is -0.0203. The molecule has 21 heavy (non-hydrogen) atoms. The molecule has 1 atom stereocenters. The third-order valence-electron chi connectivity index (χ3n) is 3.21. The zero-order valence-electron chi connectivity index (χ0n) is 11.5. The van der Waals surface area contributed by atoms with Crippen LogP contribution >= 0.6 is 0 Å². The van der Waals surface area contributed by atoms with Gasteiger partial charge in [-0.2, -0.15) is 0 Å². The SMILES string of the molecule is Cc1ccc(NC(=O)CC2NCCNC2=O)cc1[N+](=O)[O-]. The van der Waals surface area contributed by atoms with Gasteiger partial charge in [-0.3, -0.25) is 19.7 Å². The molecular formula is C13H16N4O4. The van der Waals surface area contributed by atoms with E-state index in [4.69, 9.17) is 0 Å². The molecule has 0 spiro atoms. The molecule has 0 saturated carbocycles. The summed E-state index contributed by atoms with van der Waals surface area (Å²) in [5.41, 5.74) is 0.807. The first-order valence-electron chi connectivity index (χ1n) is 6.53. The molecule has 0 radical (unpaired) electrons. The van der Waals surface area contributed by atoms with Crippen LogP contribution in [0.1, 0.15) is 12.0 Å². The molecule has 8 nitrogen and oxygen atoms in total. The van der Waals surface area contributed by atoms with E-state index in [9.17, 15) is 19.7 Å². The summed E-state index contributed by atoms with van der Waals surface area (Å²) in [5.74, 6) is -0.589. The molecular weight excluding hydrogens is 276 g/mol. The van der Waals surface area contributed by atoms with Gasteiger partial charge in [-0.1, -0.05) is 6.07 Å². The van der Waals surface area contributed by atoms with Gasteiger partial charge in [-0.15, -0.1) is 0 Å². The Kier molecular flexibility index (Phi) is 4.49. The van der Waals surface area contributed by atoms with Crippen LogP contribution in [0.4, 0.5) is 11.4 Å². The first kappa shape index (κ1) is 14.9. The molecule has 2 rings (SSSR count). The number of anilines is 1. The zero-order valence-corrected chi connectivity index (χ0v) is 11.5. The van der Waals surface area contributed by atoms with Crippen molar-refractivity contribution in [3.05, 3.63) is 33.9 Å². The molecule has 3 N–H and O–H groups in total. The molecule has 1 saturated heterocycles. The average molecular weight is 292 g/mol. The number of nitrogens with zero attached hydrogens (tertiary/aromatic N) is 1. The highest BCUT2D eigenvalue weighted by atomic mass is 16.6. The summed E-state index contributed by atoms with van der Waals surface area (Å²) in [6.45, 7) is 2.78. The monoisotopic (exact) mass is 292 g/mol. The lowest BCUT2D eigenvalue weighted by atomic mass is 10.1. The second-order valence-electron chi connectivity index (χ2n) is 4.81. The zero-order chi connectivity index (χ0) is 15.4. The Morgan fingerprint density at radius 3 is 2.90 bits per heavy atom. The molecule has 1 fully saturated rings. The fourth-order valence-corrected chi connectivity index (χ4v) is 2.09. The van der Waals surface area contributed by atoms with Crippen LogP contribution < -0.4 is 16.0 Å². The molecule has 0 aromatic heterocycles. The number of carbonyl (C=O) groups excluding carboxylic acids is 2. The third-order valence-corrected chi connectivity index (χ3v) is 3.21. The average Bonchev–Trinajstić information content (AvgIpc) is 2.43. The molecule has 0 aliphatic carbocycles. The lowest BCUT2D eigenvalue weighted by Crippen LogP contribution is -2.53. The molecule has 1 aliphatic rings. The van der Waals surface area contributed by atoms with Crippen molar-refractivity contribution in [1.82, 2.24) is 10.6 Å². The van der Waals surface area contributed by atoms with Gasteiger partial charge in [0.05, 0.1) is 17.4 Å². The fourth-order valence-electron chi connectivity index (χ4n) is 2.09. The predicted octanol–water partition coefficient (Wildman–Crippen LogP) is 0.320. The molecule has 1 heterocycles. The maximum Gasteiger partial charge on any atom is 0.274 e. The minimum atomic E-state index is -0.570. The number of aryl methyl sites for hydroxylation is 1. The van der Waals surface area contributed by atoms with Gasteiger partial charge in [0.2, 0.25) is 11.8 Å². The number of nitrogens with one attached hydrogen (secondary N) is 3. The normalized spacial score (nSPS) is 18.0. The van der Waals surface area contributed by atoms with Gasteiger partial charge in [0.1, 0.15) is 0 Å². The van der Waals surface area contributed by atoms with E-state index in [-0.39, 0.29) is 23.9 Å². The first-order chi connectivity index (χ1) is 9.97. The summed E-state index contributed by atoms with van der Waals surface area (Å²) in [6, 6.07) is 3.90. The highest BCUT2D eigenvalue weighted by Crippen LogP contribution is 2.22. The first-order valence-corrected chi connectivity index (χ1v) is 6.53. The number of rotatable bonds is 4. The van der Waals surface area contributed by atoms with Crippen molar-refractivity contribution in [3.8, 4) is 0 Å². The Labute approximate surface area is 121 Å². The third kappa shape index (κ3) is 3.76. The second kappa shape index (κ2) is 6.31. The number of benzene rings is 1. The van der Waals surface area contributed by atoms with Crippen molar-refractivity contribution in [2.24, 2.45) is 0 Å². The van der Waals surface area contributed by atoms with Crippen LogP contribution in [0.3, 0.4) is 0 Å². The Balaban J connectivity index is 2.01. The molecule has 0 bridgehead atoms. The van der Waals surface area contributed by atoms with E-state index in [1.165, 1.54) is 6.07 Å². The molecule has 2 amide bonds. The van der Waals surface area contributed by atoms with Gasteiger partial charge in [-0.05, 0) is 13.0 Å². The van der Waals surface area contributed by atoms with Crippen molar-refractivity contribution >= 4 is 23.2 Å². The van der Waals surface area contributed by atoms with Gasteiger partial charge < -0.3 is 16.0 Å². The number of carbonyl (C=O) groups is 2. The topological polar surface area (TPSA) is 113 Å². The van der Waals surface area contributed by atoms with Crippen molar-refractivity contribution < 1.29 is 14.5 Å². The Bertz CT molecular complexity index is 588. The Morgan fingerprint density at radius 1 is 1.48 bits per heavy atom.